The summed E-state index contributed by atoms with van der Waals surface area (Å²) < 4.78 is 0. The summed E-state index contributed by atoms with van der Waals surface area (Å²) in [6.07, 6.45) is 8.59. The van der Waals surface area contributed by atoms with Crippen LogP contribution in [0, 0.1) is 0 Å². The van der Waals surface area contributed by atoms with Gasteiger partial charge in [0.15, 0.2) is 0 Å². The number of aromatic nitrogens is 2. The summed E-state index contributed by atoms with van der Waals surface area (Å²) in [5.74, 6) is 0. The summed E-state index contributed by atoms with van der Waals surface area (Å²) in [5.41, 5.74) is 7.18. The number of hydrogen-bond donors (Lipinski definition) is 3. The second kappa shape index (κ2) is 4.77. The van der Waals surface area contributed by atoms with Crippen LogP contribution < -0.4 is 11.1 Å². The highest BCUT2D eigenvalue weighted by Crippen LogP contribution is 2.20. The summed E-state index contributed by atoms with van der Waals surface area (Å²) in [7, 11) is 0. The molecule has 3 unspecified atom stereocenters. The zero-order valence-electron chi connectivity index (χ0n) is 9.24. The summed E-state index contributed by atoms with van der Waals surface area (Å²) in [5, 5.41) is 10.4. The average Bonchev–Trinajstić information content (AvgIpc) is 2.70. The van der Waals surface area contributed by atoms with Crippen LogP contribution in [-0.2, 0) is 0 Å². The van der Waals surface area contributed by atoms with Gasteiger partial charge in [0.25, 0.3) is 0 Å². The highest BCUT2D eigenvalue weighted by molar-refractivity contribution is 5.08. The SMILES string of the molecule is CC(NC1CCCC(N)C1)c1cn[nH]c1. The molecule has 0 aromatic carbocycles. The molecular weight excluding hydrogens is 188 g/mol. The number of nitrogens with two attached hydrogens (primary N) is 1. The molecule has 1 saturated carbocycles. The molecule has 4 nitrogen and oxygen atoms in total. The van der Waals surface area contributed by atoms with Crippen molar-refractivity contribution in [3.63, 3.8) is 0 Å². The van der Waals surface area contributed by atoms with E-state index in [0.717, 1.165) is 6.42 Å². The Balaban J connectivity index is 1.86. The molecule has 84 valence electrons. The molecule has 4 N–H and O–H groups in total. The van der Waals surface area contributed by atoms with E-state index < -0.39 is 0 Å². The van der Waals surface area contributed by atoms with E-state index in [0.29, 0.717) is 18.1 Å². The van der Waals surface area contributed by atoms with Gasteiger partial charge in [-0.05, 0) is 26.2 Å². The van der Waals surface area contributed by atoms with Crippen molar-refractivity contribution in [2.45, 2.75) is 50.7 Å². The van der Waals surface area contributed by atoms with Gasteiger partial charge < -0.3 is 11.1 Å². The molecule has 3 atom stereocenters. The van der Waals surface area contributed by atoms with Gasteiger partial charge in [-0.3, -0.25) is 5.10 Å². The van der Waals surface area contributed by atoms with Crippen LogP contribution in [0.5, 0.6) is 0 Å². The fraction of sp³-hybridized carbons (Fsp3) is 0.727. The van der Waals surface area contributed by atoms with E-state index >= 15 is 0 Å². The van der Waals surface area contributed by atoms with E-state index in [2.05, 4.69) is 22.4 Å². The lowest BCUT2D eigenvalue weighted by molar-refractivity contribution is 0.319. The fourth-order valence-electron chi connectivity index (χ4n) is 2.33. The van der Waals surface area contributed by atoms with E-state index in [1.165, 1.54) is 24.8 Å². The first-order valence-electron chi connectivity index (χ1n) is 5.76. The van der Waals surface area contributed by atoms with Crippen LogP contribution in [-0.4, -0.2) is 22.3 Å². The normalized spacial score (nSPS) is 28.9. The first-order valence-corrected chi connectivity index (χ1v) is 5.76. The van der Waals surface area contributed by atoms with Crippen molar-refractivity contribution in [2.75, 3.05) is 0 Å². The lowest BCUT2D eigenvalue weighted by atomic mass is 9.91. The highest BCUT2D eigenvalue weighted by Gasteiger charge is 2.20. The smallest absolute Gasteiger partial charge is 0.0534 e. The van der Waals surface area contributed by atoms with Crippen molar-refractivity contribution in [2.24, 2.45) is 5.73 Å². The molecule has 0 radical (unpaired) electrons. The molecule has 2 rings (SSSR count). The first kappa shape index (κ1) is 10.6. The maximum Gasteiger partial charge on any atom is 0.0534 e. The quantitative estimate of drug-likeness (QED) is 0.702. The van der Waals surface area contributed by atoms with Crippen LogP contribution in [0.15, 0.2) is 12.4 Å². The number of H-pyrrole nitrogens is 1. The predicted octanol–water partition coefficient (Wildman–Crippen LogP) is 1.33. The van der Waals surface area contributed by atoms with Crippen LogP contribution in [0.3, 0.4) is 0 Å². The molecule has 1 aliphatic rings. The number of rotatable bonds is 3. The molecule has 0 aliphatic heterocycles. The van der Waals surface area contributed by atoms with Crippen LogP contribution in [0.2, 0.25) is 0 Å². The van der Waals surface area contributed by atoms with Gasteiger partial charge in [0, 0.05) is 29.9 Å². The lowest BCUT2D eigenvalue weighted by Gasteiger charge is -2.29. The van der Waals surface area contributed by atoms with E-state index in [-0.39, 0.29) is 0 Å². The largest absolute Gasteiger partial charge is 0.328 e. The van der Waals surface area contributed by atoms with E-state index in [1.54, 1.807) is 0 Å². The van der Waals surface area contributed by atoms with Gasteiger partial charge in [0.05, 0.1) is 6.20 Å². The summed E-state index contributed by atoms with van der Waals surface area (Å²) in [6, 6.07) is 1.31. The number of hydrogen-bond acceptors (Lipinski definition) is 3. The standard InChI is InChI=1S/C11H20N4/c1-8(9-6-13-14-7-9)15-11-4-2-3-10(12)5-11/h6-8,10-11,15H,2-5,12H2,1H3,(H,13,14). The molecule has 1 aromatic rings. The lowest BCUT2D eigenvalue weighted by Crippen LogP contribution is -2.40. The molecular formula is C11H20N4. The van der Waals surface area contributed by atoms with Crippen molar-refractivity contribution in [3.05, 3.63) is 18.0 Å². The molecule has 0 bridgehead atoms. The number of nitrogens with zero attached hydrogens (tertiary/aromatic N) is 1. The van der Waals surface area contributed by atoms with E-state index in [4.69, 9.17) is 5.73 Å². The minimum absolute atomic E-state index is 0.360. The summed E-state index contributed by atoms with van der Waals surface area (Å²) in [6.45, 7) is 2.17. The van der Waals surface area contributed by atoms with Gasteiger partial charge in [0.2, 0.25) is 0 Å². The fourth-order valence-corrected chi connectivity index (χ4v) is 2.33. The van der Waals surface area contributed by atoms with Gasteiger partial charge in [0.1, 0.15) is 0 Å². The topological polar surface area (TPSA) is 66.7 Å². The van der Waals surface area contributed by atoms with Crippen LogP contribution in [0.4, 0.5) is 0 Å². The highest BCUT2D eigenvalue weighted by atomic mass is 15.1. The maximum atomic E-state index is 5.96. The maximum absolute atomic E-state index is 5.96. The zero-order chi connectivity index (χ0) is 10.7. The Morgan fingerprint density at radius 1 is 1.60 bits per heavy atom. The zero-order valence-corrected chi connectivity index (χ0v) is 9.24. The van der Waals surface area contributed by atoms with Crippen molar-refractivity contribution in [3.8, 4) is 0 Å². The Morgan fingerprint density at radius 2 is 2.47 bits per heavy atom. The molecule has 0 saturated heterocycles. The Hall–Kier alpha value is -0.870. The second-order valence-corrected chi connectivity index (χ2v) is 4.54. The summed E-state index contributed by atoms with van der Waals surface area (Å²) in [4.78, 5) is 0. The molecule has 1 aromatic heterocycles. The molecule has 1 heterocycles. The third kappa shape index (κ3) is 2.79. The Morgan fingerprint density at radius 3 is 3.13 bits per heavy atom. The van der Waals surface area contributed by atoms with Crippen LogP contribution in [0.25, 0.3) is 0 Å². The van der Waals surface area contributed by atoms with E-state index in [9.17, 15) is 0 Å². The van der Waals surface area contributed by atoms with Crippen molar-refractivity contribution in [1.82, 2.24) is 15.5 Å². The van der Waals surface area contributed by atoms with Gasteiger partial charge in [-0.15, -0.1) is 0 Å². The van der Waals surface area contributed by atoms with E-state index in [1.807, 2.05) is 12.4 Å². The third-order valence-corrected chi connectivity index (χ3v) is 3.22. The third-order valence-electron chi connectivity index (χ3n) is 3.22. The number of nitrogens with one attached hydrogen (secondary N) is 2. The molecule has 0 spiro atoms. The van der Waals surface area contributed by atoms with Crippen LogP contribution in [0.1, 0.15) is 44.2 Å². The van der Waals surface area contributed by atoms with Gasteiger partial charge in [-0.25, -0.2) is 0 Å². The predicted molar refractivity (Wildman–Crippen MR) is 60.4 cm³/mol. The van der Waals surface area contributed by atoms with Crippen molar-refractivity contribution < 1.29 is 0 Å². The van der Waals surface area contributed by atoms with Crippen molar-refractivity contribution in [1.29, 1.82) is 0 Å². The van der Waals surface area contributed by atoms with Crippen LogP contribution >= 0.6 is 0 Å². The minimum Gasteiger partial charge on any atom is -0.328 e. The molecule has 15 heavy (non-hydrogen) atoms. The second-order valence-electron chi connectivity index (χ2n) is 4.54. The Kier molecular flexibility index (Phi) is 3.38. The van der Waals surface area contributed by atoms with Gasteiger partial charge in [-0.1, -0.05) is 6.42 Å². The Bertz CT molecular complexity index is 283. The summed E-state index contributed by atoms with van der Waals surface area (Å²) >= 11 is 0. The van der Waals surface area contributed by atoms with Gasteiger partial charge >= 0.3 is 0 Å². The Labute approximate surface area is 90.6 Å². The first-order chi connectivity index (χ1) is 7.25. The molecule has 4 heteroatoms. The molecule has 1 aliphatic carbocycles. The molecule has 0 amide bonds. The van der Waals surface area contributed by atoms with Gasteiger partial charge in [-0.2, -0.15) is 5.10 Å². The minimum atomic E-state index is 0.360. The average molecular weight is 208 g/mol. The monoisotopic (exact) mass is 208 g/mol. The molecule has 1 fully saturated rings. The number of aromatic amines is 1. The van der Waals surface area contributed by atoms with Crippen molar-refractivity contribution >= 4 is 0 Å².